The van der Waals surface area contributed by atoms with E-state index in [4.69, 9.17) is 5.11 Å². The molecular weight excluding hydrogens is 206 g/mol. The average molecular weight is 223 g/mol. The van der Waals surface area contributed by atoms with E-state index in [0.29, 0.717) is 0 Å². The predicted molar refractivity (Wildman–Crippen MR) is 59.0 cm³/mol. The second kappa shape index (κ2) is 4.65. The fraction of sp³-hybridized carbons (Fsp3) is 0.636. The van der Waals surface area contributed by atoms with Crippen LogP contribution in [0.4, 0.5) is 0 Å². The van der Waals surface area contributed by atoms with Crippen molar-refractivity contribution in [2.75, 3.05) is 13.1 Å². The van der Waals surface area contributed by atoms with E-state index in [-0.39, 0.29) is 12.0 Å². The molecule has 1 saturated heterocycles. The van der Waals surface area contributed by atoms with Gasteiger partial charge in [-0.05, 0) is 26.0 Å². The Morgan fingerprint density at radius 1 is 1.56 bits per heavy atom. The van der Waals surface area contributed by atoms with Crippen LogP contribution in [0.25, 0.3) is 0 Å². The SMILES string of the molecule is CC1C(C(=O)O)CCN1CCn1cccn1. The minimum absolute atomic E-state index is 0.132. The van der Waals surface area contributed by atoms with Crippen LogP contribution in [0.15, 0.2) is 18.5 Å². The van der Waals surface area contributed by atoms with Gasteiger partial charge >= 0.3 is 5.97 Å². The topological polar surface area (TPSA) is 58.4 Å². The zero-order chi connectivity index (χ0) is 11.5. The van der Waals surface area contributed by atoms with Crippen molar-refractivity contribution < 1.29 is 9.90 Å². The number of likely N-dealkylation sites (tertiary alicyclic amines) is 1. The van der Waals surface area contributed by atoms with Gasteiger partial charge < -0.3 is 5.11 Å². The number of nitrogens with zero attached hydrogens (tertiary/aromatic N) is 3. The summed E-state index contributed by atoms with van der Waals surface area (Å²) in [4.78, 5) is 13.2. The van der Waals surface area contributed by atoms with E-state index in [1.54, 1.807) is 6.20 Å². The molecule has 2 rings (SSSR count). The summed E-state index contributed by atoms with van der Waals surface area (Å²) in [6, 6.07) is 2.03. The molecule has 1 fully saturated rings. The molecule has 2 unspecified atom stereocenters. The second-order valence-corrected chi connectivity index (χ2v) is 4.28. The Morgan fingerprint density at radius 3 is 2.94 bits per heavy atom. The highest BCUT2D eigenvalue weighted by atomic mass is 16.4. The quantitative estimate of drug-likeness (QED) is 0.815. The molecule has 1 aromatic rings. The Labute approximate surface area is 94.7 Å². The summed E-state index contributed by atoms with van der Waals surface area (Å²) in [5.74, 6) is -0.883. The van der Waals surface area contributed by atoms with Crippen LogP contribution in [-0.4, -0.2) is 44.9 Å². The minimum Gasteiger partial charge on any atom is -0.481 e. The van der Waals surface area contributed by atoms with Crippen molar-refractivity contribution in [3.63, 3.8) is 0 Å². The minimum atomic E-state index is -0.672. The molecule has 16 heavy (non-hydrogen) atoms. The summed E-state index contributed by atoms with van der Waals surface area (Å²) in [7, 11) is 0. The Morgan fingerprint density at radius 2 is 2.38 bits per heavy atom. The molecule has 2 atom stereocenters. The van der Waals surface area contributed by atoms with Crippen molar-refractivity contribution in [2.24, 2.45) is 5.92 Å². The van der Waals surface area contributed by atoms with Gasteiger partial charge in [0.15, 0.2) is 0 Å². The van der Waals surface area contributed by atoms with Crippen molar-refractivity contribution >= 4 is 5.97 Å². The van der Waals surface area contributed by atoms with E-state index in [1.807, 2.05) is 23.9 Å². The van der Waals surface area contributed by atoms with E-state index < -0.39 is 5.97 Å². The first kappa shape index (κ1) is 11.1. The standard InChI is InChI=1S/C11H17N3O2/c1-9-10(11(15)16)3-6-13(9)7-8-14-5-2-4-12-14/h2,4-5,9-10H,3,6-8H2,1H3,(H,15,16). The van der Waals surface area contributed by atoms with Crippen LogP contribution in [0, 0.1) is 5.92 Å². The average Bonchev–Trinajstić information content (AvgIpc) is 2.84. The normalized spacial score (nSPS) is 26.1. The van der Waals surface area contributed by atoms with E-state index >= 15 is 0 Å². The Hall–Kier alpha value is -1.36. The van der Waals surface area contributed by atoms with Crippen LogP contribution >= 0.6 is 0 Å². The molecule has 0 saturated carbocycles. The lowest BCUT2D eigenvalue weighted by atomic mass is 10.0. The molecule has 0 aromatic carbocycles. The molecule has 0 amide bonds. The molecule has 0 bridgehead atoms. The van der Waals surface area contributed by atoms with Gasteiger partial charge in [-0.25, -0.2) is 0 Å². The highest BCUT2D eigenvalue weighted by Crippen LogP contribution is 2.23. The lowest BCUT2D eigenvalue weighted by Crippen LogP contribution is -2.35. The fourth-order valence-corrected chi connectivity index (χ4v) is 2.31. The molecule has 0 spiro atoms. The number of rotatable bonds is 4. The van der Waals surface area contributed by atoms with Crippen LogP contribution in [0.1, 0.15) is 13.3 Å². The number of aliphatic carboxylic acids is 1. The summed E-state index contributed by atoms with van der Waals surface area (Å²) in [5.41, 5.74) is 0. The molecule has 5 heteroatoms. The molecule has 2 heterocycles. The van der Waals surface area contributed by atoms with Crippen LogP contribution in [0.3, 0.4) is 0 Å². The molecule has 1 aliphatic rings. The summed E-state index contributed by atoms with van der Waals surface area (Å²) in [6.45, 7) is 4.56. The molecule has 0 aliphatic carbocycles. The van der Waals surface area contributed by atoms with Crippen molar-refractivity contribution in [1.82, 2.24) is 14.7 Å². The number of carbonyl (C=O) groups is 1. The van der Waals surface area contributed by atoms with Crippen molar-refractivity contribution in [3.8, 4) is 0 Å². The number of carboxylic acid groups (broad SMARTS) is 1. The molecule has 1 aliphatic heterocycles. The summed E-state index contributed by atoms with van der Waals surface area (Å²) < 4.78 is 1.88. The highest BCUT2D eigenvalue weighted by molar-refractivity contribution is 5.71. The monoisotopic (exact) mass is 223 g/mol. The van der Waals surface area contributed by atoms with Crippen molar-refractivity contribution in [1.29, 1.82) is 0 Å². The number of aromatic nitrogens is 2. The fourth-order valence-electron chi connectivity index (χ4n) is 2.31. The van der Waals surface area contributed by atoms with Gasteiger partial charge in [-0.2, -0.15) is 5.10 Å². The van der Waals surface area contributed by atoms with Crippen LogP contribution in [0.5, 0.6) is 0 Å². The van der Waals surface area contributed by atoms with Gasteiger partial charge in [0.2, 0.25) is 0 Å². The van der Waals surface area contributed by atoms with E-state index in [9.17, 15) is 4.79 Å². The zero-order valence-electron chi connectivity index (χ0n) is 9.41. The molecule has 5 nitrogen and oxygen atoms in total. The summed E-state index contributed by atoms with van der Waals surface area (Å²) >= 11 is 0. The first-order valence-corrected chi connectivity index (χ1v) is 5.63. The van der Waals surface area contributed by atoms with Crippen molar-refractivity contribution in [2.45, 2.75) is 25.9 Å². The smallest absolute Gasteiger partial charge is 0.308 e. The Bertz CT molecular complexity index is 350. The van der Waals surface area contributed by atoms with Crippen LogP contribution in [0.2, 0.25) is 0 Å². The largest absolute Gasteiger partial charge is 0.481 e. The van der Waals surface area contributed by atoms with E-state index in [1.165, 1.54) is 0 Å². The molecule has 1 N–H and O–H groups in total. The van der Waals surface area contributed by atoms with Gasteiger partial charge in [0.25, 0.3) is 0 Å². The predicted octanol–water partition coefficient (Wildman–Crippen LogP) is 0.678. The third kappa shape index (κ3) is 2.24. The van der Waals surface area contributed by atoms with Crippen molar-refractivity contribution in [3.05, 3.63) is 18.5 Å². The maximum absolute atomic E-state index is 10.9. The maximum Gasteiger partial charge on any atom is 0.308 e. The highest BCUT2D eigenvalue weighted by Gasteiger charge is 2.34. The van der Waals surface area contributed by atoms with Crippen LogP contribution < -0.4 is 0 Å². The third-order valence-corrected chi connectivity index (χ3v) is 3.38. The van der Waals surface area contributed by atoms with Crippen LogP contribution in [-0.2, 0) is 11.3 Å². The van der Waals surface area contributed by atoms with E-state index in [0.717, 1.165) is 26.1 Å². The van der Waals surface area contributed by atoms with Gasteiger partial charge in [0, 0.05) is 25.0 Å². The summed E-state index contributed by atoms with van der Waals surface area (Å²) in [5, 5.41) is 13.1. The lowest BCUT2D eigenvalue weighted by molar-refractivity contribution is -0.142. The molecule has 0 radical (unpaired) electrons. The van der Waals surface area contributed by atoms with Gasteiger partial charge in [-0.3, -0.25) is 14.4 Å². The lowest BCUT2D eigenvalue weighted by Gasteiger charge is -2.22. The van der Waals surface area contributed by atoms with Gasteiger partial charge in [-0.1, -0.05) is 0 Å². The number of hydrogen-bond donors (Lipinski definition) is 1. The number of carboxylic acids is 1. The number of hydrogen-bond acceptors (Lipinski definition) is 3. The summed E-state index contributed by atoms with van der Waals surface area (Å²) in [6.07, 6.45) is 4.44. The first-order valence-electron chi connectivity index (χ1n) is 5.63. The van der Waals surface area contributed by atoms with Gasteiger partial charge in [-0.15, -0.1) is 0 Å². The Balaban J connectivity index is 1.85. The third-order valence-electron chi connectivity index (χ3n) is 3.38. The first-order chi connectivity index (χ1) is 7.68. The van der Waals surface area contributed by atoms with E-state index in [2.05, 4.69) is 10.00 Å². The Kier molecular flexibility index (Phi) is 3.24. The molecule has 88 valence electrons. The maximum atomic E-state index is 10.9. The van der Waals surface area contributed by atoms with Gasteiger partial charge in [0.1, 0.15) is 0 Å². The zero-order valence-corrected chi connectivity index (χ0v) is 9.41. The second-order valence-electron chi connectivity index (χ2n) is 4.28. The molecular formula is C11H17N3O2. The van der Waals surface area contributed by atoms with Gasteiger partial charge in [0.05, 0.1) is 12.5 Å². The molecule has 1 aromatic heterocycles.